The summed E-state index contributed by atoms with van der Waals surface area (Å²) in [6.45, 7) is 0. The molecule has 0 fully saturated rings. The molecule has 4 N–H and O–H groups in total. The van der Waals surface area contributed by atoms with Crippen LogP contribution in [0.2, 0.25) is 0 Å². The van der Waals surface area contributed by atoms with Gasteiger partial charge in [-0.05, 0) is 36.4 Å². The number of hydrogen-bond donors (Lipinski definition) is 3. The number of hydrazone groups is 1. The van der Waals surface area contributed by atoms with Crippen LogP contribution < -0.4 is 21.6 Å². The molecule has 0 bridgehead atoms. The fourth-order valence-electron chi connectivity index (χ4n) is 2.42. The number of halogens is 1. The summed E-state index contributed by atoms with van der Waals surface area (Å²) in [7, 11) is 0. The molecule has 3 rings (SSSR count). The molecule has 2 amide bonds. The maximum atomic E-state index is 12.9. The predicted molar refractivity (Wildman–Crippen MR) is 92.1 cm³/mol. The molecule has 2 aromatic carbocycles. The fourth-order valence-corrected chi connectivity index (χ4v) is 2.42. The van der Waals surface area contributed by atoms with Crippen LogP contribution in [-0.4, -0.2) is 23.6 Å². The van der Waals surface area contributed by atoms with Gasteiger partial charge in [0.1, 0.15) is 17.6 Å². The third-order valence-electron chi connectivity index (χ3n) is 3.69. The Labute approximate surface area is 143 Å². The van der Waals surface area contributed by atoms with E-state index in [9.17, 15) is 14.0 Å². The van der Waals surface area contributed by atoms with Gasteiger partial charge >= 0.3 is 0 Å². The van der Waals surface area contributed by atoms with Gasteiger partial charge in [0.2, 0.25) is 5.91 Å². The molecule has 1 aliphatic heterocycles. The molecule has 0 unspecified atom stereocenters. The van der Waals surface area contributed by atoms with Crippen molar-refractivity contribution in [2.45, 2.75) is 12.5 Å². The van der Waals surface area contributed by atoms with E-state index in [1.165, 1.54) is 29.3 Å². The average molecular weight is 341 g/mol. The maximum absolute atomic E-state index is 12.9. The van der Waals surface area contributed by atoms with Gasteiger partial charge in [-0.3, -0.25) is 25.4 Å². The number of amides is 2. The molecule has 1 heterocycles. The lowest BCUT2D eigenvalue weighted by Gasteiger charge is -2.20. The Kier molecular flexibility index (Phi) is 4.60. The topological polar surface area (TPSA) is 99.8 Å². The van der Waals surface area contributed by atoms with E-state index in [4.69, 9.17) is 5.73 Å². The molecule has 25 heavy (non-hydrogen) atoms. The number of para-hydroxylation sites is 1. The standard InChI is InChI=1S/C17H16FN5O2/c18-11-6-8-12(9-7-11)20-21-17(25)14-10-15(16(19)24)23(22-14)13-4-2-1-3-5-13/h1-9,15,20H,10H2,(H2,19,24)(H,21,25)/t15-/m0/s1. The largest absolute Gasteiger partial charge is 0.368 e. The third kappa shape index (κ3) is 3.74. The van der Waals surface area contributed by atoms with E-state index in [2.05, 4.69) is 16.0 Å². The molecular weight excluding hydrogens is 325 g/mol. The molecule has 8 heteroatoms. The highest BCUT2D eigenvalue weighted by molar-refractivity contribution is 6.40. The molecule has 1 aliphatic rings. The van der Waals surface area contributed by atoms with Crippen molar-refractivity contribution in [3.63, 3.8) is 0 Å². The summed E-state index contributed by atoms with van der Waals surface area (Å²) in [5.41, 5.74) is 11.9. The molecule has 128 valence electrons. The summed E-state index contributed by atoms with van der Waals surface area (Å²) in [6, 6.07) is 13.8. The maximum Gasteiger partial charge on any atom is 0.285 e. The minimum atomic E-state index is -0.728. The lowest BCUT2D eigenvalue weighted by atomic mass is 10.1. The van der Waals surface area contributed by atoms with Gasteiger partial charge in [-0.2, -0.15) is 5.10 Å². The van der Waals surface area contributed by atoms with Crippen LogP contribution in [0.15, 0.2) is 59.7 Å². The number of hydrazine groups is 1. The van der Waals surface area contributed by atoms with Crippen LogP contribution in [0.5, 0.6) is 0 Å². The van der Waals surface area contributed by atoms with Crippen LogP contribution in [0.4, 0.5) is 15.8 Å². The van der Waals surface area contributed by atoms with Gasteiger partial charge in [0.25, 0.3) is 5.91 Å². The number of anilines is 2. The van der Waals surface area contributed by atoms with Gasteiger partial charge in [-0.1, -0.05) is 18.2 Å². The summed E-state index contributed by atoms with van der Waals surface area (Å²) < 4.78 is 12.9. The Morgan fingerprint density at radius 2 is 1.80 bits per heavy atom. The Bertz CT molecular complexity index is 808. The molecule has 0 aliphatic carbocycles. The van der Waals surface area contributed by atoms with Crippen LogP contribution in [0.1, 0.15) is 6.42 Å². The number of nitrogens with one attached hydrogen (secondary N) is 2. The molecule has 0 saturated carbocycles. The van der Waals surface area contributed by atoms with Gasteiger partial charge in [0.15, 0.2) is 0 Å². The van der Waals surface area contributed by atoms with Crippen molar-refractivity contribution in [2.24, 2.45) is 10.8 Å². The fraction of sp³-hybridized carbons (Fsp3) is 0.118. The summed E-state index contributed by atoms with van der Waals surface area (Å²) >= 11 is 0. The molecular formula is C17H16FN5O2. The minimum Gasteiger partial charge on any atom is -0.368 e. The Hall–Kier alpha value is -3.42. The Morgan fingerprint density at radius 1 is 1.12 bits per heavy atom. The molecule has 0 aromatic heterocycles. The predicted octanol–water partition coefficient (Wildman–Crippen LogP) is 1.39. The van der Waals surface area contributed by atoms with E-state index < -0.39 is 17.9 Å². The highest BCUT2D eigenvalue weighted by Crippen LogP contribution is 2.24. The molecule has 7 nitrogen and oxygen atoms in total. The van der Waals surface area contributed by atoms with E-state index >= 15 is 0 Å². The SMILES string of the molecule is NC(=O)[C@@H]1CC(C(=O)NNc2ccc(F)cc2)=NN1c1ccccc1. The van der Waals surface area contributed by atoms with Crippen LogP contribution in [0, 0.1) is 5.82 Å². The zero-order valence-electron chi connectivity index (χ0n) is 13.1. The number of hydrogen-bond acceptors (Lipinski definition) is 5. The van der Waals surface area contributed by atoms with Crippen LogP contribution in [0.3, 0.4) is 0 Å². The second-order valence-corrected chi connectivity index (χ2v) is 5.44. The second-order valence-electron chi connectivity index (χ2n) is 5.44. The lowest BCUT2D eigenvalue weighted by Crippen LogP contribution is -2.40. The zero-order chi connectivity index (χ0) is 17.8. The lowest BCUT2D eigenvalue weighted by molar-refractivity contribution is -0.119. The van der Waals surface area contributed by atoms with E-state index in [0.717, 1.165) is 0 Å². The van der Waals surface area contributed by atoms with Crippen molar-refractivity contribution in [2.75, 3.05) is 10.4 Å². The van der Waals surface area contributed by atoms with Crippen LogP contribution >= 0.6 is 0 Å². The van der Waals surface area contributed by atoms with Gasteiger partial charge in [-0.15, -0.1) is 0 Å². The highest BCUT2D eigenvalue weighted by Gasteiger charge is 2.34. The van der Waals surface area contributed by atoms with Gasteiger partial charge in [0.05, 0.1) is 11.4 Å². The van der Waals surface area contributed by atoms with Crippen molar-refractivity contribution in [1.29, 1.82) is 0 Å². The molecule has 1 atom stereocenters. The number of carbonyl (C=O) groups is 2. The van der Waals surface area contributed by atoms with E-state index in [1.807, 2.05) is 6.07 Å². The summed E-state index contributed by atoms with van der Waals surface area (Å²) in [5.74, 6) is -1.43. The smallest absolute Gasteiger partial charge is 0.285 e. The van der Waals surface area contributed by atoms with Crippen molar-refractivity contribution in [3.05, 3.63) is 60.4 Å². The number of benzene rings is 2. The summed E-state index contributed by atoms with van der Waals surface area (Å²) in [6.07, 6.45) is 0.0984. The molecule has 0 saturated heterocycles. The highest BCUT2D eigenvalue weighted by atomic mass is 19.1. The normalized spacial score (nSPS) is 16.3. The number of primary amides is 1. The molecule has 0 spiro atoms. The molecule has 0 radical (unpaired) electrons. The minimum absolute atomic E-state index is 0.0984. The number of carbonyl (C=O) groups excluding carboxylic acids is 2. The van der Waals surface area contributed by atoms with Gasteiger partial charge in [0, 0.05) is 6.42 Å². The van der Waals surface area contributed by atoms with Gasteiger partial charge in [-0.25, -0.2) is 4.39 Å². The first-order chi connectivity index (χ1) is 12.0. The van der Waals surface area contributed by atoms with E-state index in [0.29, 0.717) is 11.4 Å². The van der Waals surface area contributed by atoms with Crippen LogP contribution in [0.25, 0.3) is 0 Å². The van der Waals surface area contributed by atoms with Crippen molar-refractivity contribution < 1.29 is 14.0 Å². The first-order valence-electron chi connectivity index (χ1n) is 7.57. The van der Waals surface area contributed by atoms with Crippen molar-refractivity contribution >= 4 is 28.9 Å². The summed E-state index contributed by atoms with van der Waals surface area (Å²) in [4.78, 5) is 24.0. The monoisotopic (exact) mass is 341 g/mol. The van der Waals surface area contributed by atoms with Gasteiger partial charge < -0.3 is 5.73 Å². The van der Waals surface area contributed by atoms with E-state index in [1.54, 1.807) is 24.3 Å². The van der Waals surface area contributed by atoms with E-state index in [-0.39, 0.29) is 17.9 Å². The quantitative estimate of drug-likeness (QED) is 0.716. The second kappa shape index (κ2) is 7.00. The number of nitrogens with zero attached hydrogens (tertiary/aromatic N) is 2. The zero-order valence-corrected chi connectivity index (χ0v) is 13.1. The first kappa shape index (κ1) is 16.4. The van der Waals surface area contributed by atoms with Crippen molar-refractivity contribution in [3.8, 4) is 0 Å². The number of rotatable bonds is 5. The van der Waals surface area contributed by atoms with Crippen LogP contribution in [-0.2, 0) is 9.59 Å². The third-order valence-corrected chi connectivity index (χ3v) is 3.69. The summed E-state index contributed by atoms with van der Waals surface area (Å²) in [5, 5.41) is 5.66. The molecule has 2 aromatic rings. The van der Waals surface area contributed by atoms with Crippen molar-refractivity contribution in [1.82, 2.24) is 5.43 Å². The first-order valence-corrected chi connectivity index (χ1v) is 7.57. The average Bonchev–Trinajstić information content (AvgIpc) is 3.07. The number of nitrogens with two attached hydrogens (primary N) is 1. The Morgan fingerprint density at radius 3 is 2.44 bits per heavy atom. The Balaban J connectivity index is 1.71.